The number of thiazole rings is 1. The smallest absolute Gasteiger partial charge is 0.335 e. The van der Waals surface area contributed by atoms with Crippen molar-refractivity contribution in [3.8, 4) is 11.1 Å². The number of halogens is 3. The third kappa shape index (κ3) is 4.94. The quantitative estimate of drug-likeness (QED) is 0.541. The molecule has 0 N–H and O–H groups in total. The summed E-state index contributed by atoms with van der Waals surface area (Å²) in [5.41, 5.74) is 2.86. The van der Waals surface area contributed by atoms with Crippen molar-refractivity contribution in [2.75, 3.05) is 39.3 Å². The zero-order valence-corrected chi connectivity index (χ0v) is 19.6. The molecule has 182 valence electrons. The van der Waals surface area contributed by atoms with E-state index in [9.17, 15) is 22.8 Å². The number of amides is 2. The minimum absolute atomic E-state index is 0.0445. The van der Waals surface area contributed by atoms with Gasteiger partial charge in [-0.25, -0.2) is 4.98 Å². The van der Waals surface area contributed by atoms with Gasteiger partial charge in [0.1, 0.15) is 5.69 Å². The summed E-state index contributed by atoms with van der Waals surface area (Å²) in [5.74, 6) is -0.176. The van der Waals surface area contributed by atoms with E-state index in [0.29, 0.717) is 48.6 Å². The molecule has 0 saturated carbocycles. The van der Waals surface area contributed by atoms with E-state index >= 15 is 0 Å². The third-order valence-corrected chi connectivity index (χ3v) is 7.14. The van der Waals surface area contributed by atoms with E-state index < -0.39 is 11.7 Å². The second-order valence-corrected chi connectivity index (χ2v) is 9.44. The average molecular weight is 501 g/mol. The number of nitrogens with zero attached hydrogens (tertiary/aromatic N) is 4. The minimum atomic E-state index is -4.42. The molecule has 3 aromatic rings. The van der Waals surface area contributed by atoms with Crippen molar-refractivity contribution in [3.05, 3.63) is 76.2 Å². The van der Waals surface area contributed by atoms with E-state index in [4.69, 9.17) is 0 Å². The highest BCUT2D eigenvalue weighted by molar-refractivity contribution is 7.07. The zero-order valence-electron chi connectivity index (χ0n) is 18.7. The van der Waals surface area contributed by atoms with Gasteiger partial charge in [0.2, 0.25) is 0 Å². The molecule has 5 rings (SSSR count). The lowest BCUT2D eigenvalue weighted by Gasteiger charge is -2.48. The molecule has 6 nitrogen and oxygen atoms in total. The molecule has 2 amide bonds. The molecule has 0 bridgehead atoms. The second-order valence-electron chi connectivity index (χ2n) is 8.73. The molecular weight excluding hydrogens is 477 g/mol. The Labute approximate surface area is 204 Å². The van der Waals surface area contributed by atoms with Crippen molar-refractivity contribution in [1.82, 2.24) is 19.7 Å². The average Bonchev–Trinajstić information content (AvgIpc) is 3.38. The SMILES string of the molecule is O=C(c1cccc(-c2cccc(C(F)(F)F)c2)c1)N1CC(N2CCN(C(=O)c3cscn3)CC2)C1. The van der Waals surface area contributed by atoms with Crippen LogP contribution in [0, 0.1) is 0 Å². The van der Waals surface area contributed by atoms with Gasteiger partial charge >= 0.3 is 6.18 Å². The molecule has 2 aliphatic heterocycles. The molecule has 2 aliphatic rings. The first-order valence-electron chi connectivity index (χ1n) is 11.3. The number of rotatable bonds is 4. The number of hydrogen-bond donors (Lipinski definition) is 0. The summed E-state index contributed by atoms with van der Waals surface area (Å²) in [4.78, 5) is 35.4. The van der Waals surface area contributed by atoms with Crippen molar-refractivity contribution < 1.29 is 22.8 Å². The van der Waals surface area contributed by atoms with Crippen LogP contribution in [0.4, 0.5) is 13.2 Å². The molecule has 0 atom stereocenters. The van der Waals surface area contributed by atoms with E-state index in [0.717, 1.165) is 25.2 Å². The Morgan fingerprint density at radius 2 is 1.57 bits per heavy atom. The van der Waals surface area contributed by atoms with Crippen LogP contribution in [-0.2, 0) is 6.18 Å². The number of carbonyl (C=O) groups is 2. The molecule has 1 aromatic heterocycles. The van der Waals surface area contributed by atoms with Crippen molar-refractivity contribution in [1.29, 1.82) is 0 Å². The number of likely N-dealkylation sites (tertiary alicyclic amines) is 1. The topological polar surface area (TPSA) is 56.8 Å². The Morgan fingerprint density at radius 1 is 0.886 bits per heavy atom. The Hall–Kier alpha value is -3.24. The third-order valence-electron chi connectivity index (χ3n) is 6.55. The van der Waals surface area contributed by atoms with Crippen LogP contribution in [0.5, 0.6) is 0 Å². The first-order chi connectivity index (χ1) is 16.8. The highest BCUT2D eigenvalue weighted by atomic mass is 32.1. The van der Waals surface area contributed by atoms with Crippen LogP contribution in [0.3, 0.4) is 0 Å². The number of piperazine rings is 1. The summed E-state index contributed by atoms with van der Waals surface area (Å²) in [7, 11) is 0. The van der Waals surface area contributed by atoms with Crippen LogP contribution in [0.2, 0.25) is 0 Å². The molecule has 10 heteroatoms. The highest BCUT2D eigenvalue weighted by Gasteiger charge is 2.37. The van der Waals surface area contributed by atoms with Gasteiger partial charge in [-0.3, -0.25) is 14.5 Å². The van der Waals surface area contributed by atoms with E-state index in [1.54, 1.807) is 46.1 Å². The fraction of sp³-hybridized carbons (Fsp3) is 0.320. The first kappa shape index (κ1) is 23.5. The number of alkyl halides is 3. The first-order valence-corrected chi connectivity index (χ1v) is 12.2. The lowest BCUT2D eigenvalue weighted by atomic mass is 9.99. The minimum Gasteiger partial charge on any atom is -0.335 e. The Bertz CT molecular complexity index is 1220. The van der Waals surface area contributed by atoms with Crippen LogP contribution in [0.25, 0.3) is 11.1 Å². The van der Waals surface area contributed by atoms with E-state index in [1.807, 2.05) is 4.90 Å². The van der Waals surface area contributed by atoms with Crippen LogP contribution < -0.4 is 0 Å². The van der Waals surface area contributed by atoms with E-state index in [1.165, 1.54) is 17.4 Å². The second kappa shape index (κ2) is 9.43. The highest BCUT2D eigenvalue weighted by Crippen LogP contribution is 2.32. The van der Waals surface area contributed by atoms with Crippen LogP contribution in [0.15, 0.2) is 59.4 Å². The molecule has 2 aromatic carbocycles. The van der Waals surface area contributed by atoms with Gasteiger partial charge in [-0.05, 0) is 35.4 Å². The van der Waals surface area contributed by atoms with Crippen molar-refractivity contribution in [2.45, 2.75) is 12.2 Å². The molecule has 0 spiro atoms. The summed E-state index contributed by atoms with van der Waals surface area (Å²) < 4.78 is 39.2. The van der Waals surface area contributed by atoms with Crippen molar-refractivity contribution >= 4 is 23.2 Å². The molecule has 0 aliphatic carbocycles. The predicted molar refractivity (Wildman–Crippen MR) is 126 cm³/mol. The van der Waals surface area contributed by atoms with E-state index in [-0.39, 0.29) is 17.9 Å². The van der Waals surface area contributed by atoms with Gasteiger partial charge in [-0.2, -0.15) is 13.2 Å². The number of carbonyl (C=O) groups excluding carboxylic acids is 2. The Kier molecular flexibility index (Phi) is 6.33. The van der Waals surface area contributed by atoms with Gasteiger partial charge in [0.15, 0.2) is 0 Å². The lowest BCUT2D eigenvalue weighted by molar-refractivity contribution is -0.137. The Balaban J connectivity index is 1.17. The lowest BCUT2D eigenvalue weighted by Crippen LogP contribution is -2.64. The molecule has 3 heterocycles. The van der Waals surface area contributed by atoms with Gasteiger partial charge < -0.3 is 9.80 Å². The number of hydrogen-bond acceptors (Lipinski definition) is 5. The normalized spacial score (nSPS) is 17.3. The largest absolute Gasteiger partial charge is 0.416 e. The monoisotopic (exact) mass is 500 g/mol. The Morgan fingerprint density at radius 3 is 2.23 bits per heavy atom. The summed E-state index contributed by atoms with van der Waals surface area (Å²) in [6, 6.07) is 12.1. The summed E-state index contributed by atoms with van der Waals surface area (Å²) >= 11 is 1.40. The molecule has 2 saturated heterocycles. The summed E-state index contributed by atoms with van der Waals surface area (Å²) in [6.45, 7) is 3.92. The maximum Gasteiger partial charge on any atom is 0.416 e. The van der Waals surface area contributed by atoms with Crippen LogP contribution in [-0.4, -0.2) is 76.8 Å². The summed E-state index contributed by atoms with van der Waals surface area (Å²) in [6.07, 6.45) is -4.42. The van der Waals surface area contributed by atoms with Crippen LogP contribution >= 0.6 is 11.3 Å². The standard InChI is InChI=1S/C25H23F3N4O2S/c26-25(27,28)20-6-2-4-18(12-20)17-3-1-5-19(11-17)23(33)32-13-21(14-32)30-7-9-31(10-8-30)24(34)22-15-35-16-29-22/h1-6,11-12,15-16,21H,7-10,13-14H2. The zero-order chi connectivity index (χ0) is 24.6. The predicted octanol–water partition coefficient (Wildman–Crippen LogP) is 4.11. The van der Waals surface area contributed by atoms with Gasteiger partial charge in [-0.15, -0.1) is 11.3 Å². The molecule has 0 radical (unpaired) electrons. The van der Waals surface area contributed by atoms with Gasteiger partial charge in [0.05, 0.1) is 11.1 Å². The molecule has 2 fully saturated rings. The van der Waals surface area contributed by atoms with E-state index in [2.05, 4.69) is 9.88 Å². The van der Waals surface area contributed by atoms with Crippen LogP contribution in [0.1, 0.15) is 26.4 Å². The van der Waals surface area contributed by atoms with Gasteiger partial charge in [0.25, 0.3) is 11.8 Å². The fourth-order valence-corrected chi connectivity index (χ4v) is 5.04. The molecule has 0 unspecified atom stereocenters. The number of benzene rings is 2. The fourth-order valence-electron chi connectivity index (χ4n) is 4.51. The number of aromatic nitrogens is 1. The van der Waals surface area contributed by atoms with Gasteiger partial charge in [-0.1, -0.05) is 24.3 Å². The maximum atomic E-state index is 13.1. The maximum absolute atomic E-state index is 13.1. The van der Waals surface area contributed by atoms with Gasteiger partial charge in [0, 0.05) is 56.3 Å². The molecule has 35 heavy (non-hydrogen) atoms. The van der Waals surface area contributed by atoms with Crippen molar-refractivity contribution in [2.24, 2.45) is 0 Å². The molecular formula is C25H23F3N4O2S. The van der Waals surface area contributed by atoms with Crippen molar-refractivity contribution in [3.63, 3.8) is 0 Å². The summed E-state index contributed by atoms with van der Waals surface area (Å²) in [5, 5.41) is 1.76.